The first-order valence-corrected chi connectivity index (χ1v) is 11.0. The van der Waals surface area contributed by atoms with Crippen molar-refractivity contribution in [2.24, 2.45) is 5.92 Å². The topological polar surface area (TPSA) is 38.3 Å². The van der Waals surface area contributed by atoms with Crippen molar-refractivity contribution in [2.75, 3.05) is 11.9 Å². The number of amides is 1. The molecule has 0 saturated heterocycles. The molecule has 1 amide bonds. The number of carbonyl (C=O) groups is 1. The Kier molecular flexibility index (Phi) is 7.00. The van der Waals surface area contributed by atoms with E-state index in [-0.39, 0.29) is 17.2 Å². The third-order valence-electron chi connectivity index (χ3n) is 6.00. The lowest BCUT2D eigenvalue weighted by molar-refractivity contribution is -0.117. The van der Waals surface area contributed by atoms with E-state index < -0.39 is 0 Å². The van der Waals surface area contributed by atoms with Gasteiger partial charge < -0.3 is 10.1 Å². The van der Waals surface area contributed by atoms with Crippen LogP contribution < -0.4 is 10.1 Å². The number of nitrogens with one attached hydrogen (secondary N) is 1. The van der Waals surface area contributed by atoms with Gasteiger partial charge in [-0.05, 0) is 66.5 Å². The molecule has 1 N–H and O–H groups in total. The van der Waals surface area contributed by atoms with Crippen molar-refractivity contribution in [1.82, 2.24) is 0 Å². The van der Waals surface area contributed by atoms with Gasteiger partial charge in [0.15, 0.2) is 0 Å². The highest BCUT2D eigenvalue weighted by Crippen LogP contribution is 2.27. The largest absolute Gasteiger partial charge is 0.493 e. The van der Waals surface area contributed by atoms with Gasteiger partial charge in [-0.15, -0.1) is 0 Å². The standard InChI is InChI=1S/C26H35NO2/c1-19(21-10-12-22(13-11-21)26(2,3)4)25(28)27-23-14-16-24(17-15-23)29-18-20-8-6-5-7-9-20/h10-17,19-20H,5-9,18H2,1-4H3,(H,27,28). The van der Waals surface area contributed by atoms with Gasteiger partial charge >= 0.3 is 0 Å². The van der Waals surface area contributed by atoms with Gasteiger partial charge in [-0.3, -0.25) is 4.79 Å². The van der Waals surface area contributed by atoms with Gasteiger partial charge in [-0.25, -0.2) is 0 Å². The van der Waals surface area contributed by atoms with E-state index >= 15 is 0 Å². The fourth-order valence-electron chi connectivity index (χ4n) is 3.88. The first kappa shape index (κ1) is 21.4. The summed E-state index contributed by atoms with van der Waals surface area (Å²) in [5, 5.41) is 3.02. The monoisotopic (exact) mass is 393 g/mol. The third-order valence-corrected chi connectivity index (χ3v) is 6.00. The lowest BCUT2D eigenvalue weighted by Crippen LogP contribution is -2.19. The molecule has 0 radical (unpaired) electrons. The van der Waals surface area contributed by atoms with Gasteiger partial charge in [0.05, 0.1) is 12.5 Å². The number of hydrogen-bond acceptors (Lipinski definition) is 2. The molecule has 3 nitrogen and oxygen atoms in total. The van der Waals surface area contributed by atoms with Crippen LogP contribution in [0.2, 0.25) is 0 Å². The van der Waals surface area contributed by atoms with Crippen molar-refractivity contribution >= 4 is 11.6 Å². The zero-order chi connectivity index (χ0) is 20.9. The van der Waals surface area contributed by atoms with Crippen molar-refractivity contribution < 1.29 is 9.53 Å². The molecule has 1 fully saturated rings. The molecular weight excluding hydrogens is 358 g/mol. The maximum Gasteiger partial charge on any atom is 0.231 e. The van der Waals surface area contributed by atoms with Crippen molar-refractivity contribution in [3.63, 3.8) is 0 Å². The van der Waals surface area contributed by atoms with E-state index in [1.54, 1.807) is 0 Å². The van der Waals surface area contributed by atoms with E-state index in [4.69, 9.17) is 4.74 Å². The number of ether oxygens (including phenoxy) is 1. The molecule has 0 spiro atoms. The van der Waals surface area contributed by atoms with Gasteiger partial charge in [-0.1, -0.05) is 64.3 Å². The molecule has 0 aliphatic heterocycles. The molecule has 1 atom stereocenters. The average molecular weight is 394 g/mol. The van der Waals surface area contributed by atoms with Gasteiger partial charge in [0.2, 0.25) is 5.91 Å². The molecular formula is C26H35NO2. The Morgan fingerprint density at radius 1 is 1.00 bits per heavy atom. The van der Waals surface area contributed by atoms with Crippen LogP contribution in [-0.2, 0) is 10.2 Å². The number of hydrogen-bond donors (Lipinski definition) is 1. The highest BCUT2D eigenvalue weighted by atomic mass is 16.5. The van der Waals surface area contributed by atoms with Crippen LogP contribution >= 0.6 is 0 Å². The van der Waals surface area contributed by atoms with E-state index in [0.717, 1.165) is 23.6 Å². The predicted octanol–water partition coefficient (Wildman–Crippen LogP) is 6.69. The van der Waals surface area contributed by atoms with Crippen LogP contribution in [0.5, 0.6) is 5.75 Å². The first-order chi connectivity index (χ1) is 13.8. The molecule has 0 heterocycles. The van der Waals surface area contributed by atoms with Crippen molar-refractivity contribution in [3.05, 3.63) is 59.7 Å². The molecule has 3 rings (SSSR count). The average Bonchev–Trinajstić information content (AvgIpc) is 2.73. The fraction of sp³-hybridized carbons (Fsp3) is 0.500. The van der Waals surface area contributed by atoms with E-state index in [1.165, 1.54) is 37.7 Å². The summed E-state index contributed by atoms with van der Waals surface area (Å²) in [6, 6.07) is 16.1. The SMILES string of the molecule is CC(C(=O)Nc1ccc(OCC2CCCCC2)cc1)c1ccc(C(C)(C)C)cc1. The zero-order valence-electron chi connectivity index (χ0n) is 18.3. The molecule has 2 aromatic carbocycles. The minimum atomic E-state index is -0.203. The van der Waals surface area contributed by atoms with Crippen LogP contribution in [0.25, 0.3) is 0 Å². The molecule has 1 unspecified atom stereocenters. The number of anilines is 1. The fourth-order valence-corrected chi connectivity index (χ4v) is 3.88. The molecule has 1 saturated carbocycles. The molecule has 0 aromatic heterocycles. The molecule has 2 aromatic rings. The Balaban J connectivity index is 1.53. The Morgan fingerprint density at radius 2 is 1.62 bits per heavy atom. The Hall–Kier alpha value is -2.29. The number of benzene rings is 2. The van der Waals surface area contributed by atoms with Crippen molar-refractivity contribution in [2.45, 2.75) is 71.1 Å². The van der Waals surface area contributed by atoms with Crippen molar-refractivity contribution in [3.8, 4) is 5.75 Å². The predicted molar refractivity (Wildman–Crippen MR) is 121 cm³/mol. The summed E-state index contributed by atoms with van der Waals surface area (Å²) < 4.78 is 5.95. The summed E-state index contributed by atoms with van der Waals surface area (Å²) in [7, 11) is 0. The zero-order valence-corrected chi connectivity index (χ0v) is 18.3. The quantitative estimate of drug-likeness (QED) is 0.594. The van der Waals surface area contributed by atoms with E-state index in [1.807, 2.05) is 31.2 Å². The lowest BCUT2D eigenvalue weighted by Gasteiger charge is -2.21. The number of carbonyl (C=O) groups excluding carboxylic acids is 1. The molecule has 1 aliphatic carbocycles. The Bertz CT molecular complexity index is 781. The summed E-state index contributed by atoms with van der Waals surface area (Å²) in [5.41, 5.74) is 3.23. The second-order valence-electron chi connectivity index (χ2n) is 9.42. The summed E-state index contributed by atoms with van der Waals surface area (Å²) >= 11 is 0. The van der Waals surface area contributed by atoms with Crippen molar-refractivity contribution in [1.29, 1.82) is 0 Å². The smallest absolute Gasteiger partial charge is 0.231 e. The molecule has 0 bridgehead atoms. The van der Waals surface area contributed by atoms with E-state index in [2.05, 4.69) is 50.4 Å². The minimum Gasteiger partial charge on any atom is -0.493 e. The summed E-state index contributed by atoms with van der Waals surface area (Å²) in [5.74, 6) is 1.36. The molecule has 3 heteroatoms. The summed E-state index contributed by atoms with van der Waals surface area (Å²) in [6.45, 7) is 9.33. The van der Waals surface area contributed by atoms with Gasteiger partial charge in [0.25, 0.3) is 0 Å². The lowest BCUT2D eigenvalue weighted by atomic mass is 9.85. The third kappa shape index (κ3) is 6.09. The minimum absolute atomic E-state index is 0.00406. The first-order valence-electron chi connectivity index (χ1n) is 11.0. The van der Waals surface area contributed by atoms with Crippen LogP contribution in [0, 0.1) is 5.92 Å². The van der Waals surface area contributed by atoms with Gasteiger partial charge in [0, 0.05) is 5.69 Å². The second kappa shape index (κ2) is 9.47. The molecule has 29 heavy (non-hydrogen) atoms. The highest BCUT2D eigenvalue weighted by molar-refractivity contribution is 5.95. The van der Waals surface area contributed by atoms with E-state index in [9.17, 15) is 4.79 Å². The number of rotatable bonds is 6. The molecule has 156 valence electrons. The van der Waals surface area contributed by atoms with Gasteiger partial charge in [-0.2, -0.15) is 0 Å². The van der Waals surface area contributed by atoms with Crippen LogP contribution in [0.1, 0.15) is 76.8 Å². The van der Waals surface area contributed by atoms with Gasteiger partial charge in [0.1, 0.15) is 5.75 Å². The Labute approximate surface area is 175 Å². The second-order valence-corrected chi connectivity index (χ2v) is 9.42. The summed E-state index contributed by atoms with van der Waals surface area (Å²) in [6.07, 6.45) is 6.59. The van der Waals surface area contributed by atoms with E-state index in [0.29, 0.717) is 5.92 Å². The summed E-state index contributed by atoms with van der Waals surface area (Å²) in [4.78, 5) is 12.7. The van der Waals surface area contributed by atoms with Crippen LogP contribution in [0.15, 0.2) is 48.5 Å². The normalized spacial score (nSPS) is 16.3. The van der Waals surface area contributed by atoms with Crippen LogP contribution in [0.3, 0.4) is 0 Å². The molecule has 1 aliphatic rings. The Morgan fingerprint density at radius 3 is 2.21 bits per heavy atom. The maximum atomic E-state index is 12.7. The van der Waals surface area contributed by atoms with Crippen LogP contribution in [-0.4, -0.2) is 12.5 Å². The highest BCUT2D eigenvalue weighted by Gasteiger charge is 2.18. The van der Waals surface area contributed by atoms with Crippen LogP contribution in [0.4, 0.5) is 5.69 Å². The maximum absolute atomic E-state index is 12.7.